The van der Waals surface area contributed by atoms with Crippen molar-refractivity contribution in [2.45, 2.75) is 0 Å². The van der Waals surface area contributed by atoms with Crippen LogP contribution in [0, 0.1) is 11.3 Å². The van der Waals surface area contributed by atoms with Crippen molar-refractivity contribution in [1.29, 1.82) is 5.26 Å². The molecule has 1 aliphatic rings. The maximum Gasteiger partial charge on any atom is 0.136 e. The highest BCUT2D eigenvalue weighted by Gasteiger charge is 2.23. The quantitative estimate of drug-likeness (QED) is 0.213. The van der Waals surface area contributed by atoms with Gasteiger partial charge in [-0.25, -0.2) is 0 Å². The molecule has 0 radical (unpaired) electrons. The predicted octanol–water partition coefficient (Wildman–Crippen LogP) is 10.7. The molecule has 1 aliphatic heterocycles. The van der Waals surface area contributed by atoms with Crippen LogP contribution in [0.25, 0.3) is 76.5 Å². The standard InChI is InChI=1S/C39H21NO/c40-22-23-9-14-30-32-8-4-7-31-29(19-20-35(39(31)32)41-36(30)21-23)28-16-11-26-12-17-33-27(24-5-2-1-3-6-24)15-10-25-13-18-34(28)38(26)37(25)33/h1-21H. The zero-order valence-corrected chi connectivity index (χ0v) is 22.0. The molecule has 0 atom stereocenters. The molecule has 0 aliphatic carbocycles. The van der Waals surface area contributed by atoms with Gasteiger partial charge in [-0.2, -0.15) is 5.26 Å². The van der Waals surface area contributed by atoms with Crippen molar-refractivity contribution < 1.29 is 4.74 Å². The zero-order chi connectivity index (χ0) is 27.1. The average Bonchev–Trinajstić information content (AvgIpc) is 3.04. The number of nitrogens with zero attached hydrogens (tertiary/aromatic N) is 1. The van der Waals surface area contributed by atoms with Crippen LogP contribution in [0.3, 0.4) is 0 Å². The minimum absolute atomic E-state index is 0.597. The lowest BCUT2D eigenvalue weighted by atomic mass is 9.85. The van der Waals surface area contributed by atoms with Crippen LogP contribution >= 0.6 is 0 Å². The largest absolute Gasteiger partial charge is 0.456 e. The lowest BCUT2D eigenvalue weighted by molar-refractivity contribution is 0.487. The van der Waals surface area contributed by atoms with Crippen molar-refractivity contribution in [3.8, 4) is 50.9 Å². The number of hydrogen-bond donors (Lipinski definition) is 0. The molecule has 0 saturated heterocycles. The Bertz CT molecular complexity index is 2400. The number of nitriles is 1. The molecule has 0 N–H and O–H groups in total. The van der Waals surface area contributed by atoms with E-state index in [0.717, 1.165) is 33.4 Å². The molecule has 2 heteroatoms. The van der Waals surface area contributed by atoms with Crippen molar-refractivity contribution in [2.24, 2.45) is 0 Å². The molecule has 1 heterocycles. The molecule has 8 aromatic rings. The molecule has 0 saturated carbocycles. The Kier molecular flexibility index (Phi) is 4.43. The van der Waals surface area contributed by atoms with Gasteiger partial charge in [0.15, 0.2) is 0 Å². The summed E-state index contributed by atoms with van der Waals surface area (Å²) in [4.78, 5) is 0. The Morgan fingerprint density at radius 1 is 0.439 bits per heavy atom. The van der Waals surface area contributed by atoms with Crippen LogP contribution in [0.4, 0.5) is 0 Å². The van der Waals surface area contributed by atoms with Crippen molar-refractivity contribution in [3.63, 3.8) is 0 Å². The van der Waals surface area contributed by atoms with Gasteiger partial charge in [0.1, 0.15) is 11.5 Å². The van der Waals surface area contributed by atoms with E-state index in [-0.39, 0.29) is 0 Å². The van der Waals surface area contributed by atoms with Crippen LogP contribution in [0.5, 0.6) is 11.5 Å². The van der Waals surface area contributed by atoms with Crippen molar-refractivity contribution in [3.05, 3.63) is 133 Å². The van der Waals surface area contributed by atoms with Gasteiger partial charge in [0, 0.05) is 10.9 Å². The third-order valence-corrected chi connectivity index (χ3v) is 8.66. The molecule has 188 valence electrons. The van der Waals surface area contributed by atoms with E-state index in [1.807, 2.05) is 18.2 Å². The predicted molar refractivity (Wildman–Crippen MR) is 169 cm³/mol. The second-order valence-corrected chi connectivity index (χ2v) is 10.8. The highest BCUT2D eigenvalue weighted by Crippen LogP contribution is 2.50. The Morgan fingerprint density at radius 3 is 1.83 bits per heavy atom. The molecule has 0 amide bonds. The second kappa shape index (κ2) is 8.18. The summed E-state index contributed by atoms with van der Waals surface area (Å²) >= 11 is 0. The van der Waals surface area contributed by atoms with E-state index in [4.69, 9.17) is 4.74 Å². The highest BCUT2D eigenvalue weighted by atomic mass is 16.5. The molecule has 0 aromatic heterocycles. The fraction of sp³-hybridized carbons (Fsp3) is 0. The normalized spacial score (nSPS) is 12.1. The first-order chi connectivity index (χ1) is 20.3. The topological polar surface area (TPSA) is 33.0 Å². The van der Waals surface area contributed by atoms with Crippen molar-refractivity contribution in [2.75, 3.05) is 0 Å². The van der Waals surface area contributed by atoms with E-state index >= 15 is 0 Å². The van der Waals surface area contributed by atoms with Gasteiger partial charge in [0.2, 0.25) is 0 Å². The summed E-state index contributed by atoms with van der Waals surface area (Å²) in [6.07, 6.45) is 0. The molecule has 0 bridgehead atoms. The SMILES string of the molecule is N#Cc1ccc2c(c1)Oc1ccc(-c3ccc4ccc5c(-c6ccccc6)ccc6ccc3c4c65)c3cccc-2c13. The van der Waals surface area contributed by atoms with Crippen LogP contribution in [0.1, 0.15) is 5.56 Å². The molecule has 8 aromatic carbocycles. The molecule has 0 spiro atoms. The van der Waals surface area contributed by atoms with Crippen LogP contribution in [0.15, 0.2) is 127 Å². The lowest BCUT2D eigenvalue weighted by Crippen LogP contribution is -1.98. The van der Waals surface area contributed by atoms with E-state index in [1.54, 1.807) is 0 Å². The summed E-state index contributed by atoms with van der Waals surface area (Å²) in [6, 6.07) is 47.4. The van der Waals surface area contributed by atoms with Crippen molar-refractivity contribution >= 4 is 43.1 Å². The maximum atomic E-state index is 9.41. The Morgan fingerprint density at radius 2 is 1.07 bits per heavy atom. The summed E-state index contributed by atoms with van der Waals surface area (Å²) in [5.41, 5.74) is 7.64. The van der Waals surface area contributed by atoms with Gasteiger partial charge >= 0.3 is 0 Å². The number of ether oxygens (including phenoxy) is 1. The van der Waals surface area contributed by atoms with Crippen LogP contribution in [0.2, 0.25) is 0 Å². The van der Waals surface area contributed by atoms with E-state index in [2.05, 4.69) is 115 Å². The Labute approximate surface area is 236 Å². The number of benzene rings is 8. The molecular formula is C39H21NO. The van der Waals surface area contributed by atoms with Crippen LogP contribution in [-0.4, -0.2) is 0 Å². The average molecular weight is 520 g/mol. The molecule has 0 fully saturated rings. The number of fused-ring (bicyclic) bond motifs is 2. The van der Waals surface area contributed by atoms with Gasteiger partial charge in [-0.1, -0.05) is 103 Å². The van der Waals surface area contributed by atoms with Gasteiger partial charge in [0.05, 0.1) is 11.6 Å². The summed E-state index contributed by atoms with van der Waals surface area (Å²) in [6.45, 7) is 0. The lowest BCUT2D eigenvalue weighted by Gasteiger charge is -2.23. The smallest absolute Gasteiger partial charge is 0.136 e. The molecule has 41 heavy (non-hydrogen) atoms. The second-order valence-electron chi connectivity index (χ2n) is 10.8. The first-order valence-electron chi connectivity index (χ1n) is 13.8. The zero-order valence-electron chi connectivity index (χ0n) is 22.0. The minimum Gasteiger partial charge on any atom is -0.456 e. The third-order valence-electron chi connectivity index (χ3n) is 8.66. The van der Waals surface area contributed by atoms with E-state index in [0.29, 0.717) is 5.56 Å². The number of rotatable bonds is 2. The summed E-state index contributed by atoms with van der Waals surface area (Å²) < 4.78 is 6.37. The van der Waals surface area contributed by atoms with E-state index in [9.17, 15) is 5.26 Å². The van der Waals surface area contributed by atoms with Crippen LogP contribution in [-0.2, 0) is 0 Å². The monoisotopic (exact) mass is 519 g/mol. The molecule has 0 unspecified atom stereocenters. The van der Waals surface area contributed by atoms with Gasteiger partial charge in [0.25, 0.3) is 0 Å². The fourth-order valence-electron chi connectivity index (χ4n) is 6.84. The molecule has 2 nitrogen and oxygen atoms in total. The maximum absolute atomic E-state index is 9.41. The molecular weight excluding hydrogens is 498 g/mol. The first-order valence-corrected chi connectivity index (χ1v) is 13.8. The Hall–Kier alpha value is -5.65. The fourth-order valence-corrected chi connectivity index (χ4v) is 6.84. The summed E-state index contributed by atoms with van der Waals surface area (Å²) in [7, 11) is 0. The first kappa shape index (κ1) is 22.2. The van der Waals surface area contributed by atoms with Gasteiger partial charge in [-0.05, 0) is 89.8 Å². The van der Waals surface area contributed by atoms with Gasteiger partial charge in [-0.3, -0.25) is 0 Å². The van der Waals surface area contributed by atoms with E-state index in [1.165, 1.54) is 54.6 Å². The van der Waals surface area contributed by atoms with Gasteiger partial charge < -0.3 is 4.74 Å². The number of hydrogen-bond acceptors (Lipinski definition) is 2. The summed E-state index contributed by atoms with van der Waals surface area (Å²) in [5, 5.41) is 19.3. The van der Waals surface area contributed by atoms with Crippen molar-refractivity contribution in [1.82, 2.24) is 0 Å². The third kappa shape index (κ3) is 3.06. The molecule has 9 rings (SSSR count). The minimum atomic E-state index is 0.597. The van der Waals surface area contributed by atoms with E-state index < -0.39 is 0 Å². The highest BCUT2D eigenvalue weighted by molar-refractivity contribution is 6.28. The van der Waals surface area contributed by atoms with Gasteiger partial charge in [-0.15, -0.1) is 0 Å². The Balaban J connectivity index is 1.33. The summed E-state index contributed by atoms with van der Waals surface area (Å²) in [5.74, 6) is 1.56. The van der Waals surface area contributed by atoms with Crippen LogP contribution < -0.4 is 4.74 Å².